The Morgan fingerprint density at radius 3 is 2.53 bits per heavy atom. The number of benzene rings is 2. The lowest BCUT2D eigenvalue weighted by Crippen LogP contribution is -2.42. The second kappa shape index (κ2) is 11.3. The van der Waals surface area contributed by atoms with Crippen molar-refractivity contribution in [2.45, 2.75) is 57.3 Å². The number of nitrogens with one attached hydrogen (secondary N) is 1. The Balaban J connectivity index is 1.21. The molecule has 2 aromatic carbocycles. The van der Waals surface area contributed by atoms with Crippen LogP contribution in [0.5, 0.6) is 0 Å². The summed E-state index contributed by atoms with van der Waals surface area (Å²) in [6, 6.07) is 14.4. The van der Waals surface area contributed by atoms with E-state index in [0.29, 0.717) is 30.4 Å². The Kier molecular flexibility index (Phi) is 7.67. The van der Waals surface area contributed by atoms with Crippen molar-refractivity contribution >= 4 is 22.5 Å². The summed E-state index contributed by atoms with van der Waals surface area (Å²) in [4.78, 5) is 21.0. The fourth-order valence-corrected chi connectivity index (χ4v) is 6.03. The summed E-state index contributed by atoms with van der Waals surface area (Å²) in [6.45, 7) is 3.39. The highest BCUT2D eigenvalue weighted by atomic mass is 19.1. The zero-order chi connectivity index (χ0) is 24.9. The van der Waals surface area contributed by atoms with Crippen LogP contribution < -0.4 is 4.90 Å². The van der Waals surface area contributed by atoms with E-state index < -0.39 is 0 Å². The second-order valence-corrected chi connectivity index (χ2v) is 10.5. The normalized spacial score (nSPS) is 17.8. The van der Waals surface area contributed by atoms with E-state index in [1.165, 1.54) is 37.0 Å². The number of amides is 1. The van der Waals surface area contributed by atoms with E-state index in [0.717, 1.165) is 61.9 Å². The van der Waals surface area contributed by atoms with Crippen molar-refractivity contribution in [1.29, 1.82) is 5.26 Å². The molecule has 2 aliphatic rings. The highest BCUT2D eigenvalue weighted by Crippen LogP contribution is 2.34. The minimum absolute atomic E-state index is 0.162. The van der Waals surface area contributed by atoms with Gasteiger partial charge in [0.15, 0.2) is 0 Å². The number of likely N-dealkylation sites (tertiary alicyclic amines) is 1. The lowest BCUT2D eigenvalue weighted by molar-refractivity contribution is -0.119. The van der Waals surface area contributed by atoms with Gasteiger partial charge in [0.05, 0.1) is 11.6 Å². The van der Waals surface area contributed by atoms with Gasteiger partial charge in [0.1, 0.15) is 5.82 Å². The summed E-state index contributed by atoms with van der Waals surface area (Å²) >= 11 is 0. The van der Waals surface area contributed by atoms with Gasteiger partial charge in [-0.05, 0) is 98.6 Å². The molecule has 5 rings (SSSR count). The van der Waals surface area contributed by atoms with Crippen LogP contribution in [0.4, 0.5) is 10.1 Å². The summed E-state index contributed by atoms with van der Waals surface area (Å²) in [5, 5.41) is 10.4. The molecule has 1 N–H and O–H groups in total. The molecule has 1 saturated heterocycles. The molecule has 3 aromatic rings. The van der Waals surface area contributed by atoms with Gasteiger partial charge in [-0.2, -0.15) is 5.26 Å². The first kappa shape index (κ1) is 24.5. The number of aromatic nitrogens is 1. The van der Waals surface area contributed by atoms with Gasteiger partial charge in [0, 0.05) is 42.3 Å². The quantitative estimate of drug-likeness (QED) is 0.423. The third-order valence-electron chi connectivity index (χ3n) is 8.14. The molecular formula is C30H35FN4O. The number of nitrogens with zero attached hydrogens (tertiary/aromatic N) is 3. The Bertz CT molecular complexity index is 1210. The molecule has 2 fully saturated rings. The van der Waals surface area contributed by atoms with Crippen molar-refractivity contribution < 1.29 is 9.18 Å². The lowest BCUT2D eigenvalue weighted by Gasteiger charge is -2.34. The van der Waals surface area contributed by atoms with Crippen LogP contribution in [0.3, 0.4) is 0 Å². The largest absolute Gasteiger partial charge is 0.361 e. The van der Waals surface area contributed by atoms with Gasteiger partial charge >= 0.3 is 0 Å². The maximum atomic E-state index is 13.6. The van der Waals surface area contributed by atoms with Crippen LogP contribution >= 0.6 is 0 Å². The summed E-state index contributed by atoms with van der Waals surface area (Å²) < 4.78 is 13.6. The molecule has 36 heavy (non-hydrogen) atoms. The van der Waals surface area contributed by atoms with Crippen molar-refractivity contribution in [1.82, 2.24) is 9.88 Å². The number of rotatable bonds is 7. The van der Waals surface area contributed by atoms with E-state index in [2.05, 4.69) is 22.1 Å². The molecule has 188 valence electrons. The van der Waals surface area contributed by atoms with Crippen molar-refractivity contribution in [2.24, 2.45) is 5.92 Å². The van der Waals surface area contributed by atoms with Crippen LogP contribution in [-0.2, 0) is 4.79 Å². The molecule has 1 aliphatic heterocycles. The number of nitriles is 1. The first-order chi connectivity index (χ1) is 17.6. The molecule has 1 aromatic heterocycles. The third kappa shape index (κ3) is 5.63. The van der Waals surface area contributed by atoms with Crippen LogP contribution in [-0.4, -0.2) is 42.0 Å². The van der Waals surface area contributed by atoms with E-state index in [-0.39, 0.29) is 11.7 Å². The Morgan fingerprint density at radius 2 is 1.81 bits per heavy atom. The van der Waals surface area contributed by atoms with E-state index in [4.69, 9.17) is 0 Å². The minimum atomic E-state index is -0.278. The van der Waals surface area contributed by atoms with Gasteiger partial charge in [-0.25, -0.2) is 4.39 Å². The molecule has 0 radical (unpaired) electrons. The molecule has 1 aliphatic carbocycles. The fourth-order valence-electron chi connectivity index (χ4n) is 6.03. The number of H-pyrrole nitrogens is 1. The SMILES string of the molecule is N#Cc1ccc2[nH]cc(C3CCN(CCN(C(=O)CC4CCCCC4)c4ccc(F)cc4)CC3)c2c1. The predicted octanol–water partition coefficient (Wildman–Crippen LogP) is 6.36. The van der Waals surface area contributed by atoms with E-state index in [1.54, 1.807) is 12.1 Å². The number of carbonyl (C=O) groups excluding carboxylic acids is 1. The van der Waals surface area contributed by atoms with E-state index in [1.807, 2.05) is 23.1 Å². The van der Waals surface area contributed by atoms with E-state index >= 15 is 0 Å². The first-order valence-electron chi connectivity index (χ1n) is 13.4. The molecular weight excluding hydrogens is 451 g/mol. The van der Waals surface area contributed by atoms with Crippen LogP contribution in [0.15, 0.2) is 48.7 Å². The summed E-state index contributed by atoms with van der Waals surface area (Å²) in [6.07, 6.45) is 10.8. The third-order valence-corrected chi connectivity index (χ3v) is 8.14. The maximum Gasteiger partial charge on any atom is 0.227 e. The highest BCUT2D eigenvalue weighted by Gasteiger charge is 2.26. The lowest BCUT2D eigenvalue weighted by atomic mass is 9.86. The Morgan fingerprint density at radius 1 is 1.06 bits per heavy atom. The molecule has 6 heteroatoms. The van der Waals surface area contributed by atoms with Gasteiger partial charge in [-0.1, -0.05) is 19.3 Å². The standard InChI is InChI=1S/C30H35FN4O/c31-25-7-9-26(10-8-25)35(30(36)19-22-4-2-1-3-5-22)17-16-34-14-12-24(13-15-34)28-21-33-29-11-6-23(20-32)18-27(28)29/h6-11,18,21-22,24,33H,1-5,12-17,19H2. The maximum absolute atomic E-state index is 13.6. The van der Waals surface area contributed by atoms with Gasteiger partial charge in [-0.15, -0.1) is 0 Å². The number of piperidine rings is 1. The summed E-state index contributed by atoms with van der Waals surface area (Å²) in [7, 11) is 0. The average molecular weight is 487 g/mol. The first-order valence-corrected chi connectivity index (χ1v) is 13.4. The number of carbonyl (C=O) groups is 1. The number of hydrogen-bond donors (Lipinski definition) is 1. The molecule has 1 saturated carbocycles. The van der Waals surface area contributed by atoms with Crippen molar-refractivity contribution in [3.05, 3.63) is 65.6 Å². The molecule has 1 amide bonds. The zero-order valence-electron chi connectivity index (χ0n) is 20.9. The minimum Gasteiger partial charge on any atom is -0.361 e. The van der Waals surface area contributed by atoms with Crippen LogP contribution in [0, 0.1) is 23.1 Å². The number of aromatic amines is 1. The van der Waals surface area contributed by atoms with Crippen LogP contribution in [0.1, 0.15) is 68.4 Å². The second-order valence-electron chi connectivity index (χ2n) is 10.5. The van der Waals surface area contributed by atoms with Crippen LogP contribution in [0.2, 0.25) is 0 Å². The zero-order valence-corrected chi connectivity index (χ0v) is 20.9. The smallest absolute Gasteiger partial charge is 0.227 e. The predicted molar refractivity (Wildman–Crippen MR) is 141 cm³/mol. The molecule has 0 atom stereocenters. The Labute approximate surface area is 212 Å². The van der Waals surface area contributed by atoms with Gasteiger partial charge in [0.25, 0.3) is 0 Å². The topological polar surface area (TPSA) is 63.1 Å². The number of hydrogen-bond acceptors (Lipinski definition) is 3. The van der Waals surface area contributed by atoms with Crippen molar-refractivity contribution in [3.63, 3.8) is 0 Å². The summed E-state index contributed by atoms with van der Waals surface area (Å²) in [5.41, 5.74) is 3.87. The Hall–Kier alpha value is -3.17. The van der Waals surface area contributed by atoms with Gasteiger partial charge in [-0.3, -0.25) is 4.79 Å². The highest BCUT2D eigenvalue weighted by molar-refractivity contribution is 5.93. The van der Waals surface area contributed by atoms with Gasteiger partial charge in [0.2, 0.25) is 5.91 Å². The van der Waals surface area contributed by atoms with Gasteiger partial charge < -0.3 is 14.8 Å². The molecule has 0 unspecified atom stereocenters. The average Bonchev–Trinajstić information content (AvgIpc) is 3.34. The fraction of sp³-hybridized carbons (Fsp3) is 0.467. The number of halogens is 1. The number of fused-ring (bicyclic) bond motifs is 1. The van der Waals surface area contributed by atoms with Crippen LogP contribution in [0.25, 0.3) is 10.9 Å². The number of anilines is 1. The molecule has 0 bridgehead atoms. The monoisotopic (exact) mass is 486 g/mol. The molecule has 0 spiro atoms. The van der Waals surface area contributed by atoms with E-state index in [9.17, 15) is 14.4 Å². The summed E-state index contributed by atoms with van der Waals surface area (Å²) in [5.74, 6) is 0.822. The molecule has 5 nitrogen and oxygen atoms in total. The molecule has 2 heterocycles. The van der Waals surface area contributed by atoms with Crippen molar-refractivity contribution in [3.8, 4) is 6.07 Å². The van der Waals surface area contributed by atoms with Crippen molar-refractivity contribution in [2.75, 3.05) is 31.1 Å².